The standard InChI is InChI=1S/C10H17N/c1-3-8-11-10-7-5-4-6-9(10)2/h3,9H,1,4-8H2,2H3. The zero-order valence-corrected chi connectivity index (χ0v) is 7.34. The van der Waals surface area contributed by atoms with E-state index >= 15 is 0 Å². The molecule has 1 aliphatic carbocycles. The van der Waals surface area contributed by atoms with Crippen molar-refractivity contribution < 1.29 is 0 Å². The third kappa shape index (κ3) is 2.49. The van der Waals surface area contributed by atoms with Crippen molar-refractivity contribution >= 4 is 5.71 Å². The van der Waals surface area contributed by atoms with E-state index in [1.165, 1.54) is 31.4 Å². The van der Waals surface area contributed by atoms with Crippen LogP contribution in [-0.4, -0.2) is 12.3 Å². The lowest BCUT2D eigenvalue weighted by Crippen LogP contribution is -2.16. The van der Waals surface area contributed by atoms with Crippen molar-refractivity contribution in [3.63, 3.8) is 0 Å². The molecule has 0 bridgehead atoms. The van der Waals surface area contributed by atoms with Crippen molar-refractivity contribution in [2.24, 2.45) is 10.9 Å². The highest BCUT2D eigenvalue weighted by Crippen LogP contribution is 2.20. The normalized spacial score (nSPS) is 28.8. The highest BCUT2D eigenvalue weighted by Gasteiger charge is 2.14. The molecule has 0 amide bonds. The van der Waals surface area contributed by atoms with E-state index in [9.17, 15) is 0 Å². The van der Waals surface area contributed by atoms with Crippen molar-refractivity contribution in [3.05, 3.63) is 12.7 Å². The first-order valence-corrected chi connectivity index (χ1v) is 4.48. The number of aliphatic imine (C=N–C) groups is 1. The summed E-state index contributed by atoms with van der Waals surface area (Å²) in [6.07, 6.45) is 7.13. The van der Waals surface area contributed by atoms with Gasteiger partial charge in [-0.25, -0.2) is 0 Å². The minimum Gasteiger partial charge on any atom is -0.290 e. The Bertz CT molecular complexity index is 158. The van der Waals surface area contributed by atoms with Gasteiger partial charge in [-0.2, -0.15) is 0 Å². The second-order valence-electron chi connectivity index (χ2n) is 3.27. The average molecular weight is 151 g/mol. The molecule has 1 unspecified atom stereocenters. The van der Waals surface area contributed by atoms with Gasteiger partial charge in [-0.15, -0.1) is 6.58 Å². The molecule has 0 spiro atoms. The van der Waals surface area contributed by atoms with Crippen LogP contribution in [0.5, 0.6) is 0 Å². The van der Waals surface area contributed by atoms with Crippen LogP contribution >= 0.6 is 0 Å². The summed E-state index contributed by atoms with van der Waals surface area (Å²) in [6.45, 7) is 6.75. The molecule has 1 fully saturated rings. The Hall–Kier alpha value is -0.590. The summed E-state index contributed by atoms with van der Waals surface area (Å²) in [5.41, 5.74) is 1.41. The number of nitrogens with zero attached hydrogens (tertiary/aromatic N) is 1. The molecule has 11 heavy (non-hydrogen) atoms. The van der Waals surface area contributed by atoms with Gasteiger partial charge in [-0.1, -0.05) is 19.4 Å². The molecule has 1 heteroatoms. The highest BCUT2D eigenvalue weighted by atomic mass is 14.7. The van der Waals surface area contributed by atoms with Gasteiger partial charge in [0.2, 0.25) is 0 Å². The molecule has 1 nitrogen and oxygen atoms in total. The first kappa shape index (κ1) is 8.51. The van der Waals surface area contributed by atoms with E-state index in [1.54, 1.807) is 0 Å². The van der Waals surface area contributed by atoms with Crippen LogP contribution in [0.1, 0.15) is 32.6 Å². The van der Waals surface area contributed by atoms with Crippen LogP contribution < -0.4 is 0 Å². The summed E-state index contributed by atoms with van der Waals surface area (Å²) in [7, 11) is 0. The van der Waals surface area contributed by atoms with Crippen LogP contribution in [-0.2, 0) is 0 Å². The quantitative estimate of drug-likeness (QED) is 0.538. The molecule has 0 aromatic heterocycles. The summed E-state index contributed by atoms with van der Waals surface area (Å²) in [5, 5.41) is 0. The van der Waals surface area contributed by atoms with Gasteiger partial charge in [0.05, 0.1) is 6.54 Å². The lowest BCUT2D eigenvalue weighted by Gasteiger charge is -2.19. The summed E-state index contributed by atoms with van der Waals surface area (Å²) in [4.78, 5) is 4.48. The van der Waals surface area contributed by atoms with Crippen molar-refractivity contribution in [1.82, 2.24) is 0 Å². The molecule has 0 aromatic carbocycles. The molecule has 0 aromatic rings. The Labute approximate surface area is 69.2 Å². The predicted molar refractivity (Wildman–Crippen MR) is 50.1 cm³/mol. The molecule has 0 saturated heterocycles. The Balaban J connectivity index is 2.46. The Morgan fingerprint density at radius 2 is 2.45 bits per heavy atom. The minimum absolute atomic E-state index is 0.726. The zero-order chi connectivity index (χ0) is 8.10. The van der Waals surface area contributed by atoms with Gasteiger partial charge < -0.3 is 0 Å². The van der Waals surface area contributed by atoms with Crippen molar-refractivity contribution in [2.75, 3.05) is 6.54 Å². The van der Waals surface area contributed by atoms with Crippen LogP contribution in [0.2, 0.25) is 0 Å². The summed E-state index contributed by atoms with van der Waals surface area (Å²) >= 11 is 0. The van der Waals surface area contributed by atoms with Crippen LogP contribution in [0.15, 0.2) is 17.6 Å². The molecule has 1 atom stereocenters. The summed E-state index contributed by atoms with van der Waals surface area (Å²) in [6, 6.07) is 0. The molecule has 62 valence electrons. The largest absolute Gasteiger partial charge is 0.290 e. The highest BCUT2D eigenvalue weighted by molar-refractivity contribution is 5.87. The molecule has 0 heterocycles. The van der Waals surface area contributed by atoms with Gasteiger partial charge >= 0.3 is 0 Å². The smallest absolute Gasteiger partial charge is 0.0567 e. The predicted octanol–water partition coefficient (Wildman–Crippen LogP) is 2.82. The van der Waals surface area contributed by atoms with Gasteiger partial charge in [0.25, 0.3) is 0 Å². The van der Waals surface area contributed by atoms with E-state index in [0.717, 1.165) is 12.5 Å². The van der Waals surface area contributed by atoms with Crippen LogP contribution in [0, 0.1) is 5.92 Å². The van der Waals surface area contributed by atoms with Gasteiger partial charge in [0.15, 0.2) is 0 Å². The lowest BCUT2D eigenvalue weighted by molar-refractivity contribution is 0.558. The number of rotatable bonds is 2. The fourth-order valence-corrected chi connectivity index (χ4v) is 1.59. The first-order valence-electron chi connectivity index (χ1n) is 4.48. The average Bonchev–Trinajstić information content (AvgIpc) is 2.03. The van der Waals surface area contributed by atoms with E-state index < -0.39 is 0 Å². The van der Waals surface area contributed by atoms with E-state index in [-0.39, 0.29) is 0 Å². The van der Waals surface area contributed by atoms with Crippen LogP contribution in [0.3, 0.4) is 0 Å². The number of hydrogen-bond acceptors (Lipinski definition) is 1. The zero-order valence-electron chi connectivity index (χ0n) is 7.34. The topological polar surface area (TPSA) is 12.4 Å². The summed E-state index contributed by atoms with van der Waals surface area (Å²) in [5.74, 6) is 0.726. The molecule has 0 aliphatic heterocycles. The van der Waals surface area contributed by atoms with E-state index in [0.29, 0.717) is 0 Å². The van der Waals surface area contributed by atoms with Crippen molar-refractivity contribution in [2.45, 2.75) is 32.6 Å². The molecule has 1 aliphatic rings. The van der Waals surface area contributed by atoms with Crippen LogP contribution in [0.4, 0.5) is 0 Å². The number of hydrogen-bond donors (Lipinski definition) is 0. The Morgan fingerprint density at radius 3 is 3.09 bits per heavy atom. The maximum atomic E-state index is 4.48. The SMILES string of the molecule is C=CCN=C1CCCCC1C. The fourth-order valence-electron chi connectivity index (χ4n) is 1.59. The second kappa shape index (κ2) is 4.32. The maximum absolute atomic E-state index is 4.48. The lowest BCUT2D eigenvalue weighted by atomic mass is 9.89. The Kier molecular flexibility index (Phi) is 3.34. The third-order valence-electron chi connectivity index (χ3n) is 2.31. The fraction of sp³-hybridized carbons (Fsp3) is 0.700. The molecular formula is C10H17N. The van der Waals surface area contributed by atoms with Crippen molar-refractivity contribution in [1.29, 1.82) is 0 Å². The van der Waals surface area contributed by atoms with E-state index in [1.807, 2.05) is 6.08 Å². The summed E-state index contributed by atoms with van der Waals surface area (Å²) < 4.78 is 0. The monoisotopic (exact) mass is 151 g/mol. The van der Waals surface area contributed by atoms with Crippen molar-refractivity contribution in [3.8, 4) is 0 Å². The molecule has 1 saturated carbocycles. The van der Waals surface area contributed by atoms with Gasteiger partial charge in [0.1, 0.15) is 0 Å². The van der Waals surface area contributed by atoms with Gasteiger partial charge in [-0.3, -0.25) is 4.99 Å². The maximum Gasteiger partial charge on any atom is 0.0567 e. The molecule has 0 radical (unpaired) electrons. The molecule has 0 N–H and O–H groups in total. The second-order valence-corrected chi connectivity index (χ2v) is 3.27. The third-order valence-corrected chi connectivity index (χ3v) is 2.31. The van der Waals surface area contributed by atoms with E-state index in [4.69, 9.17) is 0 Å². The Morgan fingerprint density at radius 1 is 1.64 bits per heavy atom. The molecular weight excluding hydrogens is 134 g/mol. The van der Waals surface area contributed by atoms with E-state index in [2.05, 4.69) is 18.5 Å². The minimum atomic E-state index is 0.726. The van der Waals surface area contributed by atoms with Crippen LogP contribution in [0.25, 0.3) is 0 Å². The first-order chi connectivity index (χ1) is 5.34. The van der Waals surface area contributed by atoms with Gasteiger partial charge in [0, 0.05) is 5.71 Å². The van der Waals surface area contributed by atoms with Gasteiger partial charge in [-0.05, 0) is 25.2 Å². The molecule has 1 rings (SSSR count).